The largest absolute Gasteiger partial charge is 0.396 e. The molecule has 152 valence electrons. The van der Waals surface area contributed by atoms with Crippen LogP contribution in [0.15, 0.2) is 42.7 Å². The number of nitrogens with one attached hydrogen (secondary N) is 1. The molecule has 29 heavy (non-hydrogen) atoms. The third kappa shape index (κ3) is 4.60. The van der Waals surface area contributed by atoms with Gasteiger partial charge in [0.05, 0.1) is 17.8 Å². The summed E-state index contributed by atoms with van der Waals surface area (Å²) < 4.78 is 1.82. The maximum Gasteiger partial charge on any atom is 0.273 e. The number of fused-ring (bicyclic) bond motifs is 1. The summed E-state index contributed by atoms with van der Waals surface area (Å²) in [6, 6.07) is 10.6. The molecule has 3 aromatic rings. The van der Waals surface area contributed by atoms with Crippen molar-refractivity contribution in [3.8, 4) is 0 Å². The van der Waals surface area contributed by atoms with Crippen molar-refractivity contribution in [3.63, 3.8) is 0 Å². The Bertz CT molecular complexity index is 959. The van der Waals surface area contributed by atoms with Gasteiger partial charge in [0.2, 0.25) is 0 Å². The first-order chi connectivity index (χ1) is 14.2. The molecule has 1 saturated heterocycles. The molecule has 0 bridgehead atoms. The van der Waals surface area contributed by atoms with E-state index in [4.69, 9.17) is 5.11 Å². The number of rotatable bonds is 7. The Morgan fingerprint density at radius 1 is 1.21 bits per heavy atom. The fourth-order valence-electron chi connectivity index (χ4n) is 3.81. The van der Waals surface area contributed by atoms with Crippen LogP contribution in [0.4, 0.5) is 0 Å². The molecule has 8 nitrogen and oxygen atoms in total. The number of nitrogens with zero attached hydrogens (tertiary/aromatic N) is 5. The molecule has 1 amide bonds. The van der Waals surface area contributed by atoms with E-state index in [-0.39, 0.29) is 18.6 Å². The number of carbonyl (C=O) groups is 1. The van der Waals surface area contributed by atoms with Crippen molar-refractivity contribution in [1.29, 1.82) is 0 Å². The van der Waals surface area contributed by atoms with Crippen molar-refractivity contribution < 1.29 is 9.90 Å². The highest BCUT2D eigenvalue weighted by atomic mass is 16.3. The second-order valence-electron chi connectivity index (χ2n) is 7.41. The van der Waals surface area contributed by atoms with Crippen LogP contribution in [-0.4, -0.2) is 62.1 Å². The zero-order chi connectivity index (χ0) is 20.1. The molecule has 1 aromatic carbocycles. The van der Waals surface area contributed by atoms with E-state index >= 15 is 0 Å². The molecule has 1 fully saturated rings. The minimum absolute atomic E-state index is 0.0564. The number of aromatic nitrogens is 4. The Kier molecular flexibility index (Phi) is 6.12. The number of benzene rings is 1. The number of hydrogen-bond acceptors (Lipinski definition) is 6. The highest BCUT2D eigenvalue weighted by molar-refractivity contribution is 5.91. The number of carbonyl (C=O) groups excluding carboxylic acids is 1. The van der Waals surface area contributed by atoms with E-state index in [0.29, 0.717) is 18.7 Å². The molecule has 4 rings (SSSR count). The van der Waals surface area contributed by atoms with Crippen LogP contribution in [0, 0.1) is 0 Å². The molecule has 2 N–H and O–H groups in total. The molecule has 0 saturated carbocycles. The lowest BCUT2D eigenvalue weighted by molar-refractivity contribution is 0.0946. The summed E-state index contributed by atoms with van der Waals surface area (Å²) in [4.78, 5) is 19.0. The monoisotopic (exact) mass is 394 g/mol. The first-order valence-corrected chi connectivity index (χ1v) is 10.1. The topological polar surface area (TPSA) is 96.2 Å². The van der Waals surface area contributed by atoms with Gasteiger partial charge in [-0.2, -0.15) is 0 Å². The van der Waals surface area contributed by atoms with Gasteiger partial charge in [-0.1, -0.05) is 23.4 Å². The van der Waals surface area contributed by atoms with Crippen molar-refractivity contribution in [3.05, 3.63) is 54.0 Å². The van der Waals surface area contributed by atoms with Crippen LogP contribution in [0.5, 0.6) is 0 Å². The molecule has 1 aliphatic rings. The maximum absolute atomic E-state index is 12.1. The minimum atomic E-state index is -0.244. The van der Waals surface area contributed by atoms with Crippen molar-refractivity contribution >= 4 is 16.8 Å². The lowest BCUT2D eigenvalue weighted by atomic mass is 10.0. The molecule has 1 aliphatic heterocycles. The highest BCUT2D eigenvalue weighted by Crippen LogP contribution is 2.24. The summed E-state index contributed by atoms with van der Waals surface area (Å²) in [5, 5.41) is 20.9. The van der Waals surface area contributed by atoms with Crippen LogP contribution in [0.3, 0.4) is 0 Å². The first kappa shape index (κ1) is 19.5. The molecular weight excluding hydrogens is 368 g/mol. The van der Waals surface area contributed by atoms with Gasteiger partial charge in [-0.25, -0.2) is 4.68 Å². The Labute approximate surface area is 169 Å². The van der Waals surface area contributed by atoms with Crippen LogP contribution in [0.25, 0.3) is 10.9 Å². The Hall–Kier alpha value is -2.84. The summed E-state index contributed by atoms with van der Waals surface area (Å²) in [6.07, 6.45) is 6.08. The maximum atomic E-state index is 12.1. The molecule has 0 unspecified atom stereocenters. The van der Waals surface area contributed by atoms with Crippen molar-refractivity contribution in [2.75, 3.05) is 26.2 Å². The van der Waals surface area contributed by atoms with E-state index in [0.717, 1.165) is 38.0 Å². The molecule has 0 spiro atoms. The second kappa shape index (κ2) is 9.11. The van der Waals surface area contributed by atoms with Crippen LogP contribution < -0.4 is 5.32 Å². The minimum Gasteiger partial charge on any atom is -0.396 e. The van der Waals surface area contributed by atoms with Crippen LogP contribution >= 0.6 is 0 Å². The average Bonchev–Trinajstić information content (AvgIpc) is 3.25. The molecule has 8 heteroatoms. The molecule has 2 aromatic heterocycles. The number of aliphatic hydroxyl groups excluding tert-OH is 1. The van der Waals surface area contributed by atoms with Gasteiger partial charge in [-0.05, 0) is 37.0 Å². The standard InChI is InChI=1S/C21H26N6O2/c28-13-3-9-23-21(29)20-15-27(25-24-20)17-7-11-26(12-8-17)14-16-6-10-22-19-5-2-1-4-18(16)19/h1-2,4-6,10,15,17,28H,3,7-9,11-14H2,(H,23,29). The number of para-hydroxylation sites is 1. The summed E-state index contributed by atoms with van der Waals surface area (Å²) >= 11 is 0. The fraction of sp³-hybridized carbons (Fsp3) is 0.429. The number of aliphatic hydroxyl groups is 1. The molecular formula is C21H26N6O2. The van der Waals surface area contributed by atoms with Gasteiger partial charge >= 0.3 is 0 Å². The summed E-state index contributed by atoms with van der Waals surface area (Å²) in [5.74, 6) is -0.244. The number of pyridine rings is 1. The molecule has 3 heterocycles. The smallest absolute Gasteiger partial charge is 0.273 e. The third-order valence-electron chi connectivity index (χ3n) is 5.43. The van der Waals surface area contributed by atoms with Gasteiger partial charge < -0.3 is 10.4 Å². The number of amides is 1. The van der Waals surface area contributed by atoms with Gasteiger partial charge in [-0.3, -0.25) is 14.7 Å². The number of hydrogen-bond donors (Lipinski definition) is 2. The number of piperidine rings is 1. The summed E-state index contributed by atoms with van der Waals surface area (Å²) in [6.45, 7) is 3.34. The Morgan fingerprint density at radius 3 is 2.86 bits per heavy atom. The zero-order valence-corrected chi connectivity index (χ0v) is 16.4. The van der Waals surface area contributed by atoms with E-state index in [1.807, 2.05) is 23.0 Å². The zero-order valence-electron chi connectivity index (χ0n) is 16.4. The van der Waals surface area contributed by atoms with Gasteiger partial charge in [-0.15, -0.1) is 5.10 Å². The predicted octanol–water partition coefficient (Wildman–Crippen LogP) is 1.78. The van der Waals surface area contributed by atoms with Crippen LogP contribution in [-0.2, 0) is 6.54 Å². The van der Waals surface area contributed by atoms with E-state index < -0.39 is 0 Å². The average molecular weight is 394 g/mol. The van der Waals surface area contributed by atoms with Gasteiger partial charge in [0.1, 0.15) is 0 Å². The molecule has 0 aliphatic carbocycles. The van der Waals surface area contributed by atoms with Crippen molar-refractivity contribution in [1.82, 2.24) is 30.2 Å². The van der Waals surface area contributed by atoms with Crippen LogP contribution in [0.2, 0.25) is 0 Å². The second-order valence-corrected chi connectivity index (χ2v) is 7.41. The summed E-state index contributed by atoms with van der Waals surface area (Å²) in [7, 11) is 0. The van der Waals surface area contributed by atoms with Gasteiger partial charge in [0.15, 0.2) is 5.69 Å². The lowest BCUT2D eigenvalue weighted by Gasteiger charge is -2.32. The van der Waals surface area contributed by atoms with E-state index in [2.05, 4.69) is 43.7 Å². The predicted molar refractivity (Wildman–Crippen MR) is 109 cm³/mol. The molecule has 0 atom stereocenters. The number of likely N-dealkylation sites (tertiary alicyclic amines) is 1. The van der Waals surface area contributed by atoms with Crippen LogP contribution in [0.1, 0.15) is 41.4 Å². The third-order valence-corrected chi connectivity index (χ3v) is 5.43. The van der Waals surface area contributed by atoms with Crippen molar-refractivity contribution in [2.45, 2.75) is 31.8 Å². The van der Waals surface area contributed by atoms with E-state index in [1.54, 1.807) is 6.20 Å². The highest BCUT2D eigenvalue weighted by Gasteiger charge is 2.23. The van der Waals surface area contributed by atoms with Gasteiger partial charge in [0.25, 0.3) is 5.91 Å². The Balaban J connectivity index is 1.33. The first-order valence-electron chi connectivity index (χ1n) is 10.1. The van der Waals surface area contributed by atoms with Crippen molar-refractivity contribution in [2.24, 2.45) is 0 Å². The summed E-state index contributed by atoms with van der Waals surface area (Å²) in [5.41, 5.74) is 2.66. The normalized spacial score (nSPS) is 15.6. The SMILES string of the molecule is O=C(NCCCO)c1cn(C2CCN(Cc3ccnc4ccccc34)CC2)nn1. The fourth-order valence-corrected chi connectivity index (χ4v) is 3.81. The lowest BCUT2D eigenvalue weighted by Crippen LogP contribution is -2.34. The quantitative estimate of drug-likeness (QED) is 0.593. The Morgan fingerprint density at radius 2 is 2.03 bits per heavy atom. The van der Waals surface area contributed by atoms with Gasteiger partial charge in [0, 0.05) is 44.4 Å². The van der Waals surface area contributed by atoms with E-state index in [9.17, 15) is 4.79 Å². The van der Waals surface area contributed by atoms with E-state index in [1.165, 1.54) is 10.9 Å². The molecule has 0 radical (unpaired) electrons.